The molecule has 0 aliphatic carbocycles. The molecule has 0 atom stereocenters. The van der Waals surface area contributed by atoms with Crippen molar-refractivity contribution in [2.45, 2.75) is 12.8 Å². The van der Waals surface area contributed by atoms with Crippen LogP contribution in [0.4, 0.5) is 11.4 Å². The maximum absolute atomic E-state index is 12.4. The number of aliphatic hydroxyl groups excluding tert-OH is 1. The zero-order valence-electron chi connectivity index (χ0n) is 13.3. The molecule has 3 rings (SSSR count). The lowest BCUT2D eigenvalue weighted by atomic mass is 9.97. The molecule has 24 heavy (non-hydrogen) atoms. The summed E-state index contributed by atoms with van der Waals surface area (Å²) in [6.07, 6.45) is 3.38. The van der Waals surface area contributed by atoms with Crippen LogP contribution in [0.2, 0.25) is 5.15 Å². The number of hydrogen-bond donors (Lipinski definition) is 2. The van der Waals surface area contributed by atoms with Crippen molar-refractivity contribution < 1.29 is 9.90 Å². The molecule has 5 nitrogen and oxygen atoms in total. The van der Waals surface area contributed by atoms with E-state index < -0.39 is 0 Å². The highest BCUT2D eigenvalue weighted by Crippen LogP contribution is 2.30. The maximum atomic E-state index is 12.4. The van der Waals surface area contributed by atoms with Gasteiger partial charge in [0.2, 0.25) is 0 Å². The Bertz CT molecular complexity index is 698. The quantitative estimate of drug-likeness (QED) is 0.835. The van der Waals surface area contributed by atoms with Gasteiger partial charge in [0.15, 0.2) is 0 Å². The van der Waals surface area contributed by atoms with E-state index in [2.05, 4.69) is 15.2 Å². The molecule has 126 valence electrons. The summed E-state index contributed by atoms with van der Waals surface area (Å²) in [5.41, 5.74) is 2.25. The second kappa shape index (κ2) is 7.64. The van der Waals surface area contributed by atoms with E-state index in [1.165, 1.54) is 6.20 Å². The number of carbonyl (C=O) groups excluding carboxylic acids is 1. The smallest absolute Gasteiger partial charge is 0.257 e. The van der Waals surface area contributed by atoms with Crippen molar-refractivity contribution in [3.8, 4) is 0 Å². The molecule has 2 N–H and O–H groups in total. The van der Waals surface area contributed by atoms with Crippen LogP contribution in [0.5, 0.6) is 0 Å². The summed E-state index contributed by atoms with van der Waals surface area (Å²) < 4.78 is 0. The predicted molar refractivity (Wildman–Crippen MR) is 95.7 cm³/mol. The van der Waals surface area contributed by atoms with Gasteiger partial charge in [-0.25, -0.2) is 4.98 Å². The number of benzene rings is 1. The van der Waals surface area contributed by atoms with Crippen molar-refractivity contribution in [1.82, 2.24) is 4.98 Å². The zero-order valence-corrected chi connectivity index (χ0v) is 14.0. The molecule has 0 saturated carbocycles. The number of para-hydroxylation sites is 2. The van der Waals surface area contributed by atoms with Gasteiger partial charge in [-0.05, 0) is 43.0 Å². The summed E-state index contributed by atoms with van der Waals surface area (Å²) in [7, 11) is 0. The van der Waals surface area contributed by atoms with Crippen LogP contribution in [-0.4, -0.2) is 35.7 Å². The van der Waals surface area contributed by atoms with Crippen molar-refractivity contribution >= 4 is 28.9 Å². The van der Waals surface area contributed by atoms with Gasteiger partial charge in [-0.15, -0.1) is 0 Å². The van der Waals surface area contributed by atoms with E-state index in [1.54, 1.807) is 12.1 Å². The van der Waals surface area contributed by atoms with Crippen molar-refractivity contribution in [2.24, 2.45) is 5.92 Å². The first-order valence-electron chi connectivity index (χ1n) is 8.05. The molecule has 1 aromatic heterocycles. The average molecular weight is 346 g/mol. The summed E-state index contributed by atoms with van der Waals surface area (Å²) in [6.45, 7) is 2.00. The van der Waals surface area contributed by atoms with Gasteiger partial charge >= 0.3 is 0 Å². The van der Waals surface area contributed by atoms with Gasteiger partial charge in [0.1, 0.15) is 5.15 Å². The van der Waals surface area contributed by atoms with Gasteiger partial charge < -0.3 is 15.3 Å². The number of piperidine rings is 1. The van der Waals surface area contributed by atoms with Gasteiger partial charge in [-0.1, -0.05) is 23.7 Å². The number of amides is 1. The van der Waals surface area contributed by atoms with Gasteiger partial charge in [-0.2, -0.15) is 0 Å². The van der Waals surface area contributed by atoms with Crippen molar-refractivity contribution in [2.75, 3.05) is 29.9 Å². The number of hydrogen-bond acceptors (Lipinski definition) is 4. The molecule has 2 heterocycles. The summed E-state index contributed by atoms with van der Waals surface area (Å²) in [5, 5.41) is 12.6. The summed E-state index contributed by atoms with van der Waals surface area (Å²) in [6, 6.07) is 11.0. The Balaban J connectivity index is 1.74. The van der Waals surface area contributed by atoms with E-state index in [9.17, 15) is 9.90 Å². The SMILES string of the molecule is O=C(Nc1ccccc1N1CCC(CO)CC1)c1ccc(Cl)nc1. The number of nitrogens with zero attached hydrogens (tertiary/aromatic N) is 2. The molecule has 1 saturated heterocycles. The molecular weight excluding hydrogens is 326 g/mol. The number of rotatable bonds is 4. The summed E-state index contributed by atoms with van der Waals surface area (Å²) in [4.78, 5) is 18.6. The predicted octanol–water partition coefficient (Wildman–Crippen LogP) is 3.20. The van der Waals surface area contributed by atoms with Crippen LogP contribution in [0.15, 0.2) is 42.6 Å². The van der Waals surface area contributed by atoms with Crippen LogP contribution in [-0.2, 0) is 0 Å². The lowest BCUT2D eigenvalue weighted by Crippen LogP contribution is -2.35. The summed E-state index contributed by atoms with van der Waals surface area (Å²) in [5.74, 6) is 0.167. The number of aliphatic hydroxyl groups is 1. The van der Waals surface area contributed by atoms with Crippen LogP contribution >= 0.6 is 11.6 Å². The molecule has 0 bridgehead atoms. The highest BCUT2D eigenvalue weighted by molar-refractivity contribution is 6.29. The second-order valence-corrected chi connectivity index (χ2v) is 6.34. The highest BCUT2D eigenvalue weighted by atomic mass is 35.5. The maximum Gasteiger partial charge on any atom is 0.257 e. The molecule has 0 spiro atoms. The second-order valence-electron chi connectivity index (χ2n) is 5.95. The number of carbonyl (C=O) groups is 1. The minimum absolute atomic E-state index is 0.211. The van der Waals surface area contributed by atoms with Crippen molar-refractivity contribution in [3.05, 3.63) is 53.3 Å². The third-order valence-electron chi connectivity index (χ3n) is 4.36. The lowest BCUT2D eigenvalue weighted by molar-refractivity contribution is 0.102. The fourth-order valence-corrected chi connectivity index (χ4v) is 3.03. The Morgan fingerprint density at radius 3 is 2.67 bits per heavy atom. The van der Waals surface area contributed by atoms with Crippen LogP contribution in [0.25, 0.3) is 0 Å². The molecule has 1 amide bonds. The summed E-state index contributed by atoms with van der Waals surface area (Å²) >= 11 is 5.76. The molecular formula is C18H20ClN3O2. The molecule has 1 aliphatic heterocycles. The van der Waals surface area contributed by atoms with Crippen LogP contribution < -0.4 is 10.2 Å². The Morgan fingerprint density at radius 1 is 1.25 bits per heavy atom. The number of pyridine rings is 1. The highest BCUT2D eigenvalue weighted by Gasteiger charge is 2.21. The minimum Gasteiger partial charge on any atom is -0.396 e. The molecule has 2 aromatic rings. The largest absolute Gasteiger partial charge is 0.396 e. The fourth-order valence-electron chi connectivity index (χ4n) is 2.92. The van der Waals surface area contributed by atoms with E-state index in [1.807, 2.05) is 24.3 Å². The topological polar surface area (TPSA) is 65.5 Å². The Hall–Kier alpha value is -2.11. The van der Waals surface area contributed by atoms with Gasteiger partial charge in [0.05, 0.1) is 16.9 Å². The first-order chi connectivity index (χ1) is 11.7. The van der Waals surface area contributed by atoms with E-state index in [0.29, 0.717) is 16.6 Å². The van der Waals surface area contributed by atoms with Crippen molar-refractivity contribution in [1.29, 1.82) is 0 Å². The normalized spacial score (nSPS) is 15.3. The fraction of sp³-hybridized carbons (Fsp3) is 0.333. The third kappa shape index (κ3) is 3.86. The lowest BCUT2D eigenvalue weighted by Gasteiger charge is -2.34. The molecule has 0 unspecified atom stereocenters. The minimum atomic E-state index is -0.211. The molecule has 0 radical (unpaired) electrons. The van der Waals surface area contributed by atoms with E-state index in [4.69, 9.17) is 11.6 Å². The Kier molecular flexibility index (Phi) is 5.33. The monoisotopic (exact) mass is 345 g/mol. The first-order valence-corrected chi connectivity index (χ1v) is 8.43. The van der Waals surface area contributed by atoms with Gasteiger partial charge in [0, 0.05) is 25.9 Å². The van der Waals surface area contributed by atoms with Crippen LogP contribution in [0, 0.1) is 5.92 Å². The van der Waals surface area contributed by atoms with Crippen molar-refractivity contribution in [3.63, 3.8) is 0 Å². The van der Waals surface area contributed by atoms with E-state index in [-0.39, 0.29) is 12.5 Å². The number of anilines is 2. The van der Waals surface area contributed by atoms with Crippen LogP contribution in [0.1, 0.15) is 23.2 Å². The van der Waals surface area contributed by atoms with Gasteiger partial charge in [-0.3, -0.25) is 4.79 Å². The van der Waals surface area contributed by atoms with E-state index >= 15 is 0 Å². The molecule has 6 heteroatoms. The third-order valence-corrected chi connectivity index (χ3v) is 4.58. The van der Waals surface area contributed by atoms with E-state index in [0.717, 1.165) is 37.3 Å². The zero-order chi connectivity index (χ0) is 16.9. The standard InChI is InChI=1S/C18H20ClN3O2/c19-17-6-5-14(11-20-17)18(24)21-15-3-1-2-4-16(15)22-9-7-13(12-23)8-10-22/h1-6,11,13,23H,7-10,12H2,(H,21,24). The Labute approximate surface area is 146 Å². The molecule has 1 fully saturated rings. The Morgan fingerprint density at radius 2 is 2.00 bits per heavy atom. The van der Waals surface area contributed by atoms with Crippen LogP contribution in [0.3, 0.4) is 0 Å². The molecule has 1 aromatic carbocycles. The molecule has 1 aliphatic rings. The number of aromatic nitrogens is 1. The van der Waals surface area contributed by atoms with Gasteiger partial charge in [0.25, 0.3) is 5.91 Å². The first kappa shape index (κ1) is 16.7. The average Bonchev–Trinajstić information content (AvgIpc) is 2.63. The number of halogens is 1. The number of nitrogens with one attached hydrogen (secondary N) is 1.